The number of anilines is 2. The molecule has 0 aliphatic carbocycles. The van der Waals surface area contributed by atoms with Crippen LogP contribution in [0.5, 0.6) is 0 Å². The van der Waals surface area contributed by atoms with Crippen molar-refractivity contribution < 1.29 is 0 Å². The summed E-state index contributed by atoms with van der Waals surface area (Å²) >= 11 is 1.99. The van der Waals surface area contributed by atoms with E-state index >= 15 is 0 Å². The van der Waals surface area contributed by atoms with Crippen molar-refractivity contribution in [2.75, 3.05) is 22.6 Å². The molecule has 1 fully saturated rings. The van der Waals surface area contributed by atoms with Gasteiger partial charge in [-0.3, -0.25) is 0 Å². The number of pyridine rings is 1. The van der Waals surface area contributed by atoms with Crippen molar-refractivity contribution in [1.29, 1.82) is 5.26 Å². The Labute approximate surface area is 99.2 Å². The highest BCUT2D eigenvalue weighted by Crippen LogP contribution is 2.21. The fourth-order valence-electron chi connectivity index (χ4n) is 1.69. The van der Waals surface area contributed by atoms with Crippen LogP contribution in [-0.2, 0) is 0 Å². The molecule has 1 aromatic rings. The van der Waals surface area contributed by atoms with Gasteiger partial charge >= 0.3 is 0 Å². The van der Waals surface area contributed by atoms with Gasteiger partial charge in [-0.2, -0.15) is 17.0 Å². The summed E-state index contributed by atoms with van der Waals surface area (Å²) in [6.45, 7) is 0. The molecule has 1 saturated heterocycles. The van der Waals surface area contributed by atoms with E-state index in [1.165, 1.54) is 11.5 Å². The minimum atomic E-state index is 0.301. The van der Waals surface area contributed by atoms with E-state index in [0.29, 0.717) is 17.4 Å². The number of aromatic nitrogens is 1. The number of rotatable bonds is 2. The quantitative estimate of drug-likeness (QED) is 0.816. The van der Waals surface area contributed by atoms with Gasteiger partial charge in [0.25, 0.3) is 0 Å². The van der Waals surface area contributed by atoms with Crippen LogP contribution in [-0.4, -0.2) is 22.5 Å². The minimum absolute atomic E-state index is 0.301. The smallest absolute Gasteiger partial charge is 0.165 e. The Morgan fingerprint density at radius 2 is 2.19 bits per heavy atom. The molecule has 0 unspecified atom stereocenters. The lowest BCUT2D eigenvalue weighted by Crippen LogP contribution is -2.25. The lowest BCUT2D eigenvalue weighted by atomic mass is 10.1. The molecule has 1 aliphatic heterocycles. The van der Waals surface area contributed by atoms with Gasteiger partial charge in [0.2, 0.25) is 0 Å². The van der Waals surface area contributed by atoms with E-state index in [1.54, 1.807) is 6.07 Å². The Bertz CT molecular complexity index is 407. The van der Waals surface area contributed by atoms with Crippen molar-refractivity contribution in [3.63, 3.8) is 0 Å². The summed E-state index contributed by atoms with van der Waals surface area (Å²) in [5, 5.41) is 12.2. The second-order valence-electron chi connectivity index (χ2n) is 3.78. The molecule has 0 radical (unpaired) electrons. The van der Waals surface area contributed by atoms with Gasteiger partial charge in [-0.25, -0.2) is 4.98 Å². The zero-order valence-electron chi connectivity index (χ0n) is 8.94. The van der Waals surface area contributed by atoms with E-state index in [9.17, 15) is 0 Å². The maximum atomic E-state index is 8.83. The van der Waals surface area contributed by atoms with E-state index in [1.807, 2.05) is 23.9 Å². The molecule has 0 aromatic carbocycles. The topological polar surface area (TPSA) is 74.7 Å². The molecule has 0 amide bonds. The minimum Gasteiger partial charge on any atom is -0.396 e. The molecule has 3 N–H and O–H groups in total. The first-order chi connectivity index (χ1) is 7.79. The monoisotopic (exact) mass is 234 g/mol. The second-order valence-corrected chi connectivity index (χ2v) is 5.00. The number of nitriles is 1. The number of nitrogen functional groups attached to an aromatic ring is 1. The Balaban J connectivity index is 2.06. The maximum Gasteiger partial charge on any atom is 0.165 e. The molecule has 16 heavy (non-hydrogen) atoms. The molecule has 0 atom stereocenters. The van der Waals surface area contributed by atoms with Crippen molar-refractivity contribution >= 4 is 23.3 Å². The molecule has 2 heterocycles. The highest BCUT2D eigenvalue weighted by atomic mass is 32.2. The molecule has 2 rings (SSSR count). The van der Waals surface area contributed by atoms with Gasteiger partial charge in [0.15, 0.2) is 5.69 Å². The van der Waals surface area contributed by atoms with Crippen LogP contribution in [0.15, 0.2) is 12.1 Å². The predicted molar refractivity (Wildman–Crippen MR) is 67.3 cm³/mol. The molecule has 84 valence electrons. The first kappa shape index (κ1) is 11.1. The summed E-state index contributed by atoms with van der Waals surface area (Å²) in [5.41, 5.74) is 6.36. The van der Waals surface area contributed by atoms with E-state index in [4.69, 9.17) is 11.0 Å². The van der Waals surface area contributed by atoms with E-state index in [2.05, 4.69) is 10.3 Å². The Morgan fingerprint density at radius 3 is 2.88 bits per heavy atom. The van der Waals surface area contributed by atoms with Crippen molar-refractivity contribution in [2.24, 2.45) is 0 Å². The van der Waals surface area contributed by atoms with Crippen molar-refractivity contribution in [2.45, 2.75) is 18.9 Å². The summed E-state index contributed by atoms with van der Waals surface area (Å²) in [7, 11) is 0. The third-order valence-electron chi connectivity index (χ3n) is 2.61. The largest absolute Gasteiger partial charge is 0.396 e. The molecular weight excluding hydrogens is 220 g/mol. The Kier molecular flexibility index (Phi) is 3.52. The predicted octanol–water partition coefficient (Wildman–Crippen LogP) is 1.84. The van der Waals surface area contributed by atoms with Gasteiger partial charge in [-0.15, -0.1) is 0 Å². The maximum absolute atomic E-state index is 8.83. The molecular formula is C11H14N4S. The number of nitrogens with one attached hydrogen (secondary N) is 1. The zero-order chi connectivity index (χ0) is 11.4. The van der Waals surface area contributed by atoms with Crippen LogP contribution < -0.4 is 11.1 Å². The highest BCUT2D eigenvalue weighted by molar-refractivity contribution is 7.99. The standard InChI is InChI=1S/C11H14N4S/c12-7-10-9(13)1-2-11(15-10)14-8-3-5-16-6-4-8/h1-2,8H,3-6,13H2,(H,14,15). The second kappa shape index (κ2) is 5.08. The lowest BCUT2D eigenvalue weighted by molar-refractivity contribution is 0.664. The molecule has 5 heteroatoms. The van der Waals surface area contributed by atoms with Gasteiger partial charge in [-0.05, 0) is 36.5 Å². The van der Waals surface area contributed by atoms with Gasteiger partial charge in [-0.1, -0.05) is 0 Å². The first-order valence-electron chi connectivity index (χ1n) is 5.30. The van der Waals surface area contributed by atoms with Gasteiger partial charge in [0.1, 0.15) is 11.9 Å². The van der Waals surface area contributed by atoms with Gasteiger partial charge in [0, 0.05) is 6.04 Å². The molecule has 0 spiro atoms. The highest BCUT2D eigenvalue weighted by Gasteiger charge is 2.14. The summed E-state index contributed by atoms with van der Waals surface area (Å²) in [5.74, 6) is 3.14. The molecule has 1 aliphatic rings. The number of thioether (sulfide) groups is 1. The van der Waals surface area contributed by atoms with Crippen LogP contribution in [0.25, 0.3) is 0 Å². The first-order valence-corrected chi connectivity index (χ1v) is 6.46. The van der Waals surface area contributed by atoms with Gasteiger partial charge < -0.3 is 11.1 Å². The van der Waals surface area contributed by atoms with E-state index in [-0.39, 0.29) is 0 Å². The number of nitrogens with zero attached hydrogens (tertiary/aromatic N) is 2. The van der Waals surface area contributed by atoms with Crippen LogP contribution in [0.4, 0.5) is 11.5 Å². The molecule has 0 saturated carbocycles. The number of hydrogen-bond acceptors (Lipinski definition) is 5. The normalized spacial score (nSPS) is 16.7. The molecule has 1 aromatic heterocycles. The fourth-order valence-corrected chi connectivity index (χ4v) is 2.80. The SMILES string of the molecule is N#Cc1nc(NC2CCSCC2)ccc1N. The van der Waals surface area contributed by atoms with Crippen LogP contribution in [0.3, 0.4) is 0 Å². The third-order valence-corrected chi connectivity index (χ3v) is 3.65. The van der Waals surface area contributed by atoms with Crippen LogP contribution in [0.2, 0.25) is 0 Å². The van der Waals surface area contributed by atoms with Gasteiger partial charge in [0.05, 0.1) is 5.69 Å². The van der Waals surface area contributed by atoms with E-state index < -0.39 is 0 Å². The molecule has 4 nitrogen and oxygen atoms in total. The summed E-state index contributed by atoms with van der Waals surface area (Å²) in [6.07, 6.45) is 2.30. The average Bonchev–Trinajstić information content (AvgIpc) is 2.33. The summed E-state index contributed by atoms with van der Waals surface area (Å²) < 4.78 is 0. The van der Waals surface area contributed by atoms with Crippen molar-refractivity contribution in [1.82, 2.24) is 4.98 Å². The Morgan fingerprint density at radius 1 is 1.44 bits per heavy atom. The summed E-state index contributed by atoms with van der Waals surface area (Å²) in [4.78, 5) is 4.18. The average molecular weight is 234 g/mol. The lowest BCUT2D eigenvalue weighted by Gasteiger charge is -2.23. The Hall–Kier alpha value is -1.41. The van der Waals surface area contributed by atoms with Crippen molar-refractivity contribution in [3.05, 3.63) is 17.8 Å². The number of hydrogen-bond donors (Lipinski definition) is 2. The fraction of sp³-hybridized carbons (Fsp3) is 0.455. The van der Waals surface area contributed by atoms with Crippen LogP contribution in [0.1, 0.15) is 18.5 Å². The summed E-state index contributed by atoms with van der Waals surface area (Å²) in [6, 6.07) is 6.03. The van der Waals surface area contributed by atoms with Crippen molar-refractivity contribution in [3.8, 4) is 6.07 Å². The molecule has 0 bridgehead atoms. The zero-order valence-corrected chi connectivity index (χ0v) is 9.76. The van der Waals surface area contributed by atoms with Crippen LogP contribution >= 0.6 is 11.8 Å². The third kappa shape index (κ3) is 2.58. The van der Waals surface area contributed by atoms with E-state index in [0.717, 1.165) is 18.7 Å². The van der Waals surface area contributed by atoms with Crippen LogP contribution in [0, 0.1) is 11.3 Å². The number of nitrogens with two attached hydrogens (primary N) is 1.